The van der Waals surface area contributed by atoms with Gasteiger partial charge >= 0.3 is 0 Å². The number of aliphatic hydroxyl groups excluding tert-OH is 1. The van der Waals surface area contributed by atoms with E-state index in [0.29, 0.717) is 6.54 Å². The quantitative estimate of drug-likeness (QED) is 0.801. The van der Waals surface area contributed by atoms with Gasteiger partial charge in [-0.2, -0.15) is 0 Å². The molecule has 1 heterocycles. The van der Waals surface area contributed by atoms with Crippen molar-refractivity contribution in [3.63, 3.8) is 0 Å². The van der Waals surface area contributed by atoms with E-state index in [9.17, 15) is 5.11 Å². The molecule has 0 radical (unpaired) electrons. The monoisotopic (exact) mass is 220 g/mol. The first-order valence-corrected chi connectivity index (χ1v) is 5.17. The lowest BCUT2D eigenvalue weighted by Gasteiger charge is -2.19. The zero-order chi connectivity index (χ0) is 9.84. The van der Waals surface area contributed by atoms with Crippen LogP contribution in [0.2, 0.25) is 4.34 Å². The number of thiophene rings is 1. The summed E-state index contributed by atoms with van der Waals surface area (Å²) in [5.41, 5.74) is 5.30. The molecule has 1 unspecified atom stereocenters. The van der Waals surface area contributed by atoms with Crippen molar-refractivity contribution < 1.29 is 5.11 Å². The number of aliphatic hydroxyl groups is 1. The zero-order valence-electron chi connectivity index (χ0n) is 7.40. The van der Waals surface area contributed by atoms with Gasteiger partial charge in [0.15, 0.2) is 0 Å². The lowest BCUT2D eigenvalue weighted by Crippen LogP contribution is -2.33. The van der Waals surface area contributed by atoms with E-state index in [2.05, 4.69) is 0 Å². The second kappa shape index (κ2) is 4.81. The Kier molecular flexibility index (Phi) is 3.99. The maximum absolute atomic E-state index is 9.30. The Balaban J connectivity index is 2.53. The molecule has 1 aromatic rings. The summed E-state index contributed by atoms with van der Waals surface area (Å²) in [7, 11) is 1.90. The summed E-state index contributed by atoms with van der Waals surface area (Å²) in [6, 6.07) is 3.77. The van der Waals surface area contributed by atoms with Gasteiger partial charge in [0.05, 0.1) is 15.4 Å². The first kappa shape index (κ1) is 10.8. The lowest BCUT2D eigenvalue weighted by molar-refractivity contribution is 0.190. The van der Waals surface area contributed by atoms with Crippen molar-refractivity contribution in [2.24, 2.45) is 5.73 Å². The molecule has 0 saturated carbocycles. The summed E-state index contributed by atoms with van der Waals surface area (Å²) < 4.78 is 0.754. The average molecular weight is 221 g/mol. The minimum atomic E-state index is -0.481. The van der Waals surface area contributed by atoms with Crippen LogP contribution in [0, 0.1) is 0 Å². The van der Waals surface area contributed by atoms with Crippen LogP contribution < -0.4 is 10.6 Å². The van der Waals surface area contributed by atoms with Crippen LogP contribution in [-0.2, 0) is 0 Å². The van der Waals surface area contributed by atoms with Gasteiger partial charge in [0, 0.05) is 20.1 Å². The molecule has 13 heavy (non-hydrogen) atoms. The molecule has 1 atom stereocenters. The van der Waals surface area contributed by atoms with Gasteiger partial charge in [-0.05, 0) is 12.1 Å². The number of likely N-dealkylation sites (N-methyl/N-ethyl adjacent to an activating group) is 1. The highest BCUT2D eigenvalue weighted by Gasteiger charge is 2.08. The van der Waals surface area contributed by atoms with Crippen LogP contribution in [0.4, 0.5) is 5.00 Å². The normalized spacial score (nSPS) is 12.9. The Morgan fingerprint density at radius 1 is 1.69 bits per heavy atom. The maximum atomic E-state index is 9.30. The molecule has 0 spiro atoms. The summed E-state index contributed by atoms with van der Waals surface area (Å²) in [6.07, 6.45) is -0.481. The highest BCUT2D eigenvalue weighted by atomic mass is 35.5. The third-order valence-electron chi connectivity index (χ3n) is 1.69. The highest BCUT2D eigenvalue weighted by Crippen LogP contribution is 2.28. The van der Waals surface area contributed by atoms with Gasteiger partial charge in [-0.25, -0.2) is 0 Å². The van der Waals surface area contributed by atoms with Crippen LogP contribution in [0.1, 0.15) is 0 Å². The Labute approximate surface area is 86.7 Å². The Bertz CT molecular complexity index is 266. The summed E-state index contributed by atoms with van der Waals surface area (Å²) >= 11 is 7.27. The third-order valence-corrected chi connectivity index (χ3v) is 3.04. The molecule has 0 aliphatic carbocycles. The molecule has 0 bridgehead atoms. The molecule has 74 valence electrons. The van der Waals surface area contributed by atoms with Crippen LogP contribution in [0.15, 0.2) is 12.1 Å². The molecule has 0 amide bonds. The Hall–Kier alpha value is -0.290. The van der Waals surface area contributed by atoms with E-state index in [1.807, 2.05) is 24.1 Å². The second-order valence-electron chi connectivity index (χ2n) is 2.85. The van der Waals surface area contributed by atoms with E-state index < -0.39 is 6.10 Å². The number of halogens is 1. The standard InChI is InChI=1S/C8H13ClN2OS/c1-11(5-6(12)4-10)8-3-2-7(9)13-8/h2-3,6,12H,4-5,10H2,1H3. The first-order chi connectivity index (χ1) is 6.13. The SMILES string of the molecule is CN(CC(O)CN)c1ccc(Cl)s1. The summed E-state index contributed by atoms with van der Waals surface area (Å²) in [6.45, 7) is 0.816. The van der Waals surface area contributed by atoms with Gasteiger partial charge in [-0.15, -0.1) is 11.3 Å². The van der Waals surface area contributed by atoms with Crippen molar-refractivity contribution in [2.75, 3.05) is 25.0 Å². The molecule has 0 aromatic carbocycles. The largest absolute Gasteiger partial charge is 0.390 e. The van der Waals surface area contributed by atoms with Crippen LogP contribution in [-0.4, -0.2) is 31.3 Å². The smallest absolute Gasteiger partial charge is 0.0950 e. The van der Waals surface area contributed by atoms with E-state index >= 15 is 0 Å². The number of hydrogen-bond acceptors (Lipinski definition) is 4. The molecular formula is C8H13ClN2OS. The summed E-state index contributed by atoms with van der Waals surface area (Å²) in [5, 5.41) is 10.3. The number of rotatable bonds is 4. The summed E-state index contributed by atoms with van der Waals surface area (Å²) in [5.74, 6) is 0. The molecule has 3 N–H and O–H groups in total. The highest BCUT2D eigenvalue weighted by molar-refractivity contribution is 7.19. The van der Waals surface area contributed by atoms with Crippen molar-refractivity contribution in [3.05, 3.63) is 16.5 Å². The molecule has 3 nitrogen and oxygen atoms in total. The van der Waals surface area contributed by atoms with Crippen molar-refractivity contribution >= 4 is 27.9 Å². The van der Waals surface area contributed by atoms with Gasteiger partial charge in [0.2, 0.25) is 0 Å². The molecular weight excluding hydrogens is 208 g/mol. The summed E-state index contributed by atoms with van der Waals surface area (Å²) in [4.78, 5) is 1.94. The van der Waals surface area contributed by atoms with Gasteiger partial charge in [-0.3, -0.25) is 0 Å². The fourth-order valence-corrected chi connectivity index (χ4v) is 1.99. The molecule has 0 fully saturated rings. The van der Waals surface area contributed by atoms with Crippen LogP contribution in [0.3, 0.4) is 0 Å². The van der Waals surface area contributed by atoms with Gasteiger partial charge in [-0.1, -0.05) is 11.6 Å². The van der Waals surface area contributed by atoms with E-state index in [1.54, 1.807) is 0 Å². The molecule has 1 rings (SSSR count). The average Bonchev–Trinajstić information content (AvgIpc) is 2.51. The predicted molar refractivity (Wildman–Crippen MR) is 57.7 cm³/mol. The molecule has 0 saturated heterocycles. The predicted octanol–water partition coefficient (Wildman–Crippen LogP) is 1.16. The van der Waals surface area contributed by atoms with Gasteiger partial charge < -0.3 is 15.7 Å². The van der Waals surface area contributed by atoms with Gasteiger partial charge in [0.25, 0.3) is 0 Å². The molecule has 1 aromatic heterocycles. The van der Waals surface area contributed by atoms with E-state index in [-0.39, 0.29) is 6.54 Å². The Morgan fingerprint density at radius 2 is 2.38 bits per heavy atom. The van der Waals surface area contributed by atoms with Crippen molar-refractivity contribution in [1.82, 2.24) is 0 Å². The van der Waals surface area contributed by atoms with Crippen molar-refractivity contribution in [2.45, 2.75) is 6.10 Å². The zero-order valence-corrected chi connectivity index (χ0v) is 8.98. The number of nitrogens with two attached hydrogens (primary N) is 1. The minimum absolute atomic E-state index is 0.281. The van der Waals surface area contributed by atoms with E-state index in [1.165, 1.54) is 11.3 Å². The maximum Gasteiger partial charge on any atom is 0.0950 e. The number of nitrogens with zero attached hydrogens (tertiary/aromatic N) is 1. The fourth-order valence-electron chi connectivity index (χ4n) is 0.991. The minimum Gasteiger partial charge on any atom is -0.390 e. The Morgan fingerprint density at radius 3 is 2.85 bits per heavy atom. The van der Waals surface area contributed by atoms with Crippen LogP contribution >= 0.6 is 22.9 Å². The third kappa shape index (κ3) is 3.15. The van der Waals surface area contributed by atoms with E-state index in [0.717, 1.165) is 9.34 Å². The molecule has 5 heteroatoms. The van der Waals surface area contributed by atoms with E-state index in [4.69, 9.17) is 17.3 Å². The van der Waals surface area contributed by atoms with Crippen LogP contribution in [0.5, 0.6) is 0 Å². The number of hydrogen-bond donors (Lipinski definition) is 2. The molecule has 0 aliphatic heterocycles. The van der Waals surface area contributed by atoms with Gasteiger partial charge in [0.1, 0.15) is 0 Å². The molecule has 0 aliphatic rings. The second-order valence-corrected chi connectivity index (χ2v) is 4.54. The van der Waals surface area contributed by atoms with Crippen molar-refractivity contribution in [3.8, 4) is 0 Å². The lowest BCUT2D eigenvalue weighted by atomic mass is 10.3. The topological polar surface area (TPSA) is 49.5 Å². The first-order valence-electron chi connectivity index (χ1n) is 3.98. The van der Waals surface area contributed by atoms with Crippen molar-refractivity contribution in [1.29, 1.82) is 0 Å². The fraction of sp³-hybridized carbons (Fsp3) is 0.500. The van der Waals surface area contributed by atoms with Crippen LogP contribution in [0.25, 0.3) is 0 Å². The number of anilines is 1.